The maximum absolute atomic E-state index is 5.75. The fourth-order valence-corrected chi connectivity index (χ4v) is 1.26. The fraction of sp³-hybridized carbons (Fsp3) is 0.333. The molecule has 0 aromatic heterocycles. The standard InChI is InChI=1S/C9H12IN/c1-6(2)7-3-4-8(10)9(11)5-7/h3-6H,11H2,1-2H3. The second-order valence-corrected chi connectivity index (χ2v) is 4.10. The van der Waals surface area contributed by atoms with Gasteiger partial charge in [0.2, 0.25) is 0 Å². The summed E-state index contributed by atoms with van der Waals surface area (Å²) in [6.07, 6.45) is 0. The van der Waals surface area contributed by atoms with Gasteiger partial charge in [-0.2, -0.15) is 0 Å². The Kier molecular flexibility index (Phi) is 2.76. The number of hydrogen-bond acceptors (Lipinski definition) is 1. The molecule has 1 aromatic carbocycles. The molecule has 0 saturated heterocycles. The average molecular weight is 261 g/mol. The predicted octanol–water partition coefficient (Wildman–Crippen LogP) is 3.00. The van der Waals surface area contributed by atoms with Crippen molar-refractivity contribution in [1.82, 2.24) is 0 Å². The summed E-state index contributed by atoms with van der Waals surface area (Å²) in [7, 11) is 0. The lowest BCUT2D eigenvalue weighted by Crippen LogP contribution is -1.93. The molecule has 0 aliphatic heterocycles. The number of halogens is 1. The molecule has 60 valence electrons. The normalized spacial score (nSPS) is 10.5. The van der Waals surface area contributed by atoms with Crippen LogP contribution in [0.3, 0.4) is 0 Å². The molecule has 0 aliphatic carbocycles. The van der Waals surface area contributed by atoms with Crippen molar-refractivity contribution in [3.63, 3.8) is 0 Å². The molecule has 0 saturated carbocycles. The third-order valence-electron chi connectivity index (χ3n) is 1.69. The van der Waals surface area contributed by atoms with E-state index in [2.05, 4.69) is 48.6 Å². The van der Waals surface area contributed by atoms with Gasteiger partial charge in [0.1, 0.15) is 0 Å². The number of rotatable bonds is 1. The van der Waals surface area contributed by atoms with Gasteiger partial charge in [-0.05, 0) is 46.2 Å². The van der Waals surface area contributed by atoms with Crippen LogP contribution in [0.25, 0.3) is 0 Å². The van der Waals surface area contributed by atoms with Gasteiger partial charge in [-0.15, -0.1) is 0 Å². The van der Waals surface area contributed by atoms with E-state index in [0.29, 0.717) is 5.92 Å². The summed E-state index contributed by atoms with van der Waals surface area (Å²) in [5.41, 5.74) is 7.95. The van der Waals surface area contributed by atoms with Crippen LogP contribution in [0.4, 0.5) is 5.69 Å². The topological polar surface area (TPSA) is 26.0 Å². The number of anilines is 1. The van der Waals surface area contributed by atoms with Crippen LogP contribution in [0, 0.1) is 3.57 Å². The van der Waals surface area contributed by atoms with Crippen LogP contribution >= 0.6 is 22.6 Å². The Bertz CT molecular complexity index is 256. The van der Waals surface area contributed by atoms with Gasteiger partial charge in [-0.3, -0.25) is 0 Å². The molecule has 0 aliphatic rings. The highest BCUT2D eigenvalue weighted by molar-refractivity contribution is 14.1. The third-order valence-corrected chi connectivity index (χ3v) is 2.67. The number of benzene rings is 1. The highest BCUT2D eigenvalue weighted by Gasteiger charge is 2.00. The first kappa shape index (κ1) is 8.84. The first-order chi connectivity index (χ1) is 5.11. The van der Waals surface area contributed by atoms with Gasteiger partial charge >= 0.3 is 0 Å². The van der Waals surface area contributed by atoms with E-state index in [-0.39, 0.29) is 0 Å². The SMILES string of the molecule is CC(C)c1ccc(I)c(N)c1. The van der Waals surface area contributed by atoms with Crippen molar-refractivity contribution in [2.24, 2.45) is 0 Å². The summed E-state index contributed by atoms with van der Waals surface area (Å²) < 4.78 is 1.13. The van der Waals surface area contributed by atoms with E-state index in [1.807, 2.05) is 6.07 Å². The second-order valence-electron chi connectivity index (χ2n) is 2.94. The molecule has 0 fully saturated rings. The van der Waals surface area contributed by atoms with Gasteiger partial charge in [-0.25, -0.2) is 0 Å². The maximum atomic E-state index is 5.75. The molecule has 0 heterocycles. The third kappa shape index (κ3) is 2.09. The first-order valence-electron chi connectivity index (χ1n) is 3.66. The Hall–Kier alpha value is -0.250. The van der Waals surface area contributed by atoms with E-state index in [1.165, 1.54) is 5.56 Å². The molecule has 2 N–H and O–H groups in total. The smallest absolute Gasteiger partial charge is 0.0452 e. The zero-order chi connectivity index (χ0) is 8.43. The minimum absolute atomic E-state index is 0.564. The molecule has 2 heteroatoms. The van der Waals surface area contributed by atoms with Crippen LogP contribution in [0.15, 0.2) is 18.2 Å². The fourth-order valence-electron chi connectivity index (χ4n) is 0.921. The number of hydrogen-bond donors (Lipinski definition) is 1. The maximum Gasteiger partial charge on any atom is 0.0452 e. The van der Waals surface area contributed by atoms with E-state index in [9.17, 15) is 0 Å². The van der Waals surface area contributed by atoms with Crippen molar-refractivity contribution in [1.29, 1.82) is 0 Å². The number of nitrogens with two attached hydrogens (primary N) is 1. The van der Waals surface area contributed by atoms with Crippen molar-refractivity contribution in [2.75, 3.05) is 5.73 Å². The zero-order valence-corrected chi connectivity index (χ0v) is 8.92. The molecule has 1 rings (SSSR count). The van der Waals surface area contributed by atoms with E-state index in [4.69, 9.17) is 5.73 Å². The zero-order valence-electron chi connectivity index (χ0n) is 6.76. The summed E-state index contributed by atoms with van der Waals surface area (Å²) >= 11 is 2.24. The highest BCUT2D eigenvalue weighted by Crippen LogP contribution is 2.21. The van der Waals surface area contributed by atoms with Crippen molar-refractivity contribution < 1.29 is 0 Å². The van der Waals surface area contributed by atoms with Gasteiger partial charge in [0.15, 0.2) is 0 Å². The summed E-state index contributed by atoms with van der Waals surface area (Å²) in [5.74, 6) is 0.564. The minimum Gasteiger partial charge on any atom is -0.398 e. The van der Waals surface area contributed by atoms with Crippen molar-refractivity contribution in [3.8, 4) is 0 Å². The first-order valence-corrected chi connectivity index (χ1v) is 4.74. The Morgan fingerprint density at radius 2 is 2.00 bits per heavy atom. The molecule has 11 heavy (non-hydrogen) atoms. The molecule has 0 radical (unpaired) electrons. The van der Waals surface area contributed by atoms with Crippen LogP contribution in [-0.4, -0.2) is 0 Å². The second kappa shape index (κ2) is 3.43. The molecule has 0 atom stereocenters. The molecule has 0 amide bonds. The largest absolute Gasteiger partial charge is 0.398 e. The Morgan fingerprint density at radius 1 is 1.36 bits per heavy atom. The van der Waals surface area contributed by atoms with E-state index in [0.717, 1.165) is 9.26 Å². The molecule has 0 bridgehead atoms. The van der Waals surface area contributed by atoms with Crippen molar-refractivity contribution >= 4 is 28.3 Å². The highest BCUT2D eigenvalue weighted by atomic mass is 127. The molecule has 1 aromatic rings. The lowest BCUT2D eigenvalue weighted by molar-refractivity contribution is 0.867. The molecular formula is C9H12IN. The monoisotopic (exact) mass is 261 g/mol. The minimum atomic E-state index is 0.564. The summed E-state index contributed by atoms with van der Waals surface area (Å²) in [6, 6.07) is 6.24. The van der Waals surface area contributed by atoms with Gasteiger partial charge in [-0.1, -0.05) is 19.9 Å². The van der Waals surface area contributed by atoms with Gasteiger partial charge in [0, 0.05) is 9.26 Å². The van der Waals surface area contributed by atoms with Gasteiger partial charge in [0.05, 0.1) is 0 Å². The van der Waals surface area contributed by atoms with E-state index >= 15 is 0 Å². The lowest BCUT2D eigenvalue weighted by Gasteiger charge is -2.06. The molecular weight excluding hydrogens is 249 g/mol. The lowest BCUT2D eigenvalue weighted by atomic mass is 10.0. The number of nitrogen functional groups attached to an aromatic ring is 1. The van der Waals surface area contributed by atoms with Crippen LogP contribution in [0.2, 0.25) is 0 Å². The Balaban J connectivity index is 3.05. The van der Waals surface area contributed by atoms with Crippen LogP contribution in [-0.2, 0) is 0 Å². The van der Waals surface area contributed by atoms with Crippen molar-refractivity contribution in [2.45, 2.75) is 19.8 Å². The van der Waals surface area contributed by atoms with E-state index < -0.39 is 0 Å². The predicted molar refractivity (Wildman–Crippen MR) is 57.7 cm³/mol. The van der Waals surface area contributed by atoms with E-state index in [1.54, 1.807) is 0 Å². The van der Waals surface area contributed by atoms with Crippen LogP contribution in [0.5, 0.6) is 0 Å². The van der Waals surface area contributed by atoms with Crippen LogP contribution in [0.1, 0.15) is 25.3 Å². The van der Waals surface area contributed by atoms with Gasteiger partial charge in [0.25, 0.3) is 0 Å². The molecule has 0 spiro atoms. The molecule has 0 unspecified atom stereocenters. The average Bonchev–Trinajstić information content (AvgIpc) is 1.94. The summed E-state index contributed by atoms with van der Waals surface area (Å²) in [6.45, 7) is 4.34. The summed E-state index contributed by atoms with van der Waals surface area (Å²) in [5, 5.41) is 0. The van der Waals surface area contributed by atoms with Crippen LogP contribution < -0.4 is 5.73 Å². The van der Waals surface area contributed by atoms with Gasteiger partial charge < -0.3 is 5.73 Å². The Morgan fingerprint density at radius 3 is 2.45 bits per heavy atom. The Labute approximate surface area is 81.1 Å². The summed E-state index contributed by atoms with van der Waals surface area (Å²) in [4.78, 5) is 0. The molecule has 1 nitrogen and oxygen atoms in total. The van der Waals surface area contributed by atoms with Crippen molar-refractivity contribution in [3.05, 3.63) is 27.3 Å². The quantitative estimate of drug-likeness (QED) is 0.610.